The van der Waals surface area contributed by atoms with E-state index in [2.05, 4.69) is 17.2 Å². The maximum absolute atomic E-state index is 5.76. The van der Waals surface area contributed by atoms with Crippen LogP contribution in [0.1, 0.15) is 24.4 Å². The minimum Gasteiger partial charge on any atom is -0.472 e. The van der Waals surface area contributed by atoms with Crippen LogP contribution in [-0.2, 0) is 6.42 Å². The molecule has 0 fully saturated rings. The lowest BCUT2D eigenvalue weighted by Gasteiger charge is -2.13. The number of fused-ring (bicyclic) bond motifs is 1. The Hall–Kier alpha value is -2.07. The van der Waals surface area contributed by atoms with Crippen LogP contribution in [0.15, 0.2) is 51.7 Å². The van der Waals surface area contributed by atoms with Crippen LogP contribution >= 0.6 is 0 Å². The molecule has 1 unspecified atom stereocenters. The van der Waals surface area contributed by atoms with Crippen LogP contribution in [0.25, 0.3) is 11.1 Å². The molecule has 4 heteroatoms. The summed E-state index contributed by atoms with van der Waals surface area (Å²) >= 11 is 0. The van der Waals surface area contributed by atoms with Crippen molar-refractivity contribution in [3.05, 3.63) is 54.3 Å². The Labute approximate surface area is 111 Å². The number of para-hydroxylation sites is 2. The molecule has 0 saturated carbocycles. The van der Waals surface area contributed by atoms with E-state index in [9.17, 15) is 0 Å². The lowest BCUT2D eigenvalue weighted by Crippen LogP contribution is -2.22. The fourth-order valence-electron chi connectivity index (χ4n) is 2.21. The minimum absolute atomic E-state index is 0.164. The number of furan rings is 1. The molecule has 0 bridgehead atoms. The Morgan fingerprint density at radius 2 is 2.16 bits per heavy atom. The lowest BCUT2D eigenvalue weighted by atomic mass is 10.1. The van der Waals surface area contributed by atoms with Crippen molar-refractivity contribution in [1.82, 2.24) is 10.3 Å². The molecule has 2 heterocycles. The predicted molar refractivity (Wildman–Crippen MR) is 72.8 cm³/mol. The number of hydrogen-bond donors (Lipinski definition) is 1. The lowest BCUT2D eigenvalue weighted by molar-refractivity contribution is 0.456. The zero-order chi connectivity index (χ0) is 13.1. The first-order valence-electron chi connectivity index (χ1n) is 6.46. The van der Waals surface area contributed by atoms with Crippen molar-refractivity contribution in [2.24, 2.45) is 0 Å². The van der Waals surface area contributed by atoms with Crippen LogP contribution < -0.4 is 5.32 Å². The molecule has 0 aliphatic carbocycles. The number of oxazole rings is 1. The van der Waals surface area contributed by atoms with Crippen molar-refractivity contribution in [2.45, 2.75) is 19.4 Å². The Kier molecular flexibility index (Phi) is 3.33. The third kappa shape index (κ3) is 2.53. The largest absolute Gasteiger partial charge is 0.472 e. The first-order chi connectivity index (χ1) is 9.36. The van der Waals surface area contributed by atoms with Gasteiger partial charge in [0.25, 0.3) is 0 Å². The monoisotopic (exact) mass is 256 g/mol. The van der Waals surface area contributed by atoms with Crippen molar-refractivity contribution in [2.75, 3.05) is 6.54 Å². The van der Waals surface area contributed by atoms with E-state index < -0.39 is 0 Å². The number of nitrogens with one attached hydrogen (secondary N) is 1. The molecule has 1 aromatic carbocycles. The van der Waals surface area contributed by atoms with Crippen LogP contribution in [0.3, 0.4) is 0 Å². The second-order valence-corrected chi connectivity index (χ2v) is 4.45. The van der Waals surface area contributed by atoms with Crippen LogP contribution in [0, 0.1) is 0 Å². The SMILES string of the molecule is CCNC(Cc1nc2ccccc2o1)c1ccoc1. The molecule has 1 atom stereocenters. The van der Waals surface area contributed by atoms with Crippen LogP contribution in [0.4, 0.5) is 0 Å². The van der Waals surface area contributed by atoms with E-state index in [-0.39, 0.29) is 6.04 Å². The molecule has 0 radical (unpaired) electrons. The van der Waals surface area contributed by atoms with Gasteiger partial charge in [-0.05, 0) is 24.7 Å². The van der Waals surface area contributed by atoms with Crippen molar-refractivity contribution >= 4 is 11.1 Å². The normalized spacial score (nSPS) is 12.9. The third-order valence-corrected chi connectivity index (χ3v) is 3.11. The van der Waals surface area contributed by atoms with E-state index in [0.717, 1.165) is 29.1 Å². The Morgan fingerprint density at radius 3 is 2.89 bits per heavy atom. The summed E-state index contributed by atoms with van der Waals surface area (Å²) < 4.78 is 10.9. The van der Waals surface area contributed by atoms with Crippen molar-refractivity contribution in [3.8, 4) is 0 Å². The molecule has 0 spiro atoms. The van der Waals surface area contributed by atoms with E-state index in [1.807, 2.05) is 30.3 Å². The fourth-order valence-corrected chi connectivity index (χ4v) is 2.21. The Balaban J connectivity index is 1.85. The smallest absolute Gasteiger partial charge is 0.197 e. The zero-order valence-electron chi connectivity index (χ0n) is 10.8. The van der Waals surface area contributed by atoms with Gasteiger partial charge in [0.2, 0.25) is 0 Å². The molecule has 3 aromatic rings. The van der Waals surface area contributed by atoms with Crippen LogP contribution in [0.2, 0.25) is 0 Å². The van der Waals surface area contributed by atoms with Gasteiger partial charge in [-0.2, -0.15) is 0 Å². The summed E-state index contributed by atoms with van der Waals surface area (Å²) in [6, 6.07) is 9.95. The van der Waals surface area contributed by atoms with Gasteiger partial charge in [0.05, 0.1) is 12.5 Å². The van der Waals surface area contributed by atoms with Gasteiger partial charge in [-0.15, -0.1) is 0 Å². The molecule has 1 N–H and O–H groups in total. The van der Waals surface area contributed by atoms with Gasteiger partial charge in [0.1, 0.15) is 5.52 Å². The molecular formula is C15H16N2O2. The fraction of sp³-hybridized carbons (Fsp3) is 0.267. The number of rotatable bonds is 5. The molecule has 0 saturated heterocycles. The molecule has 0 amide bonds. The van der Waals surface area contributed by atoms with Gasteiger partial charge in [0.15, 0.2) is 11.5 Å². The van der Waals surface area contributed by atoms with E-state index in [4.69, 9.17) is 8.83 Å². The van der Waals surface area contributed by atoms with Gasteiger partial charge in [-0.3, -0.25) is 0 Å². The standard InChI is InChI=1S/C15H16N2O2/c1-2-16-13(11-7-8-18-10-11)9-15-17-12-5-3-4-6-14(12)19-15/h3-8,10,13,16H,2,9H2,1H3. The van der Waals surface area contributed by atoms with Gasteiger partial charge < -0.3 is 14.2 Å². The van der Waals surface area contributed by atoms with Crippen LogP contribution in [-0.4, -0.2) is 11.5 Å². The summed E-state index contributed by atoms with van der Waals surface area (Å²) in [6.07, 6.45) is 4.16. The quantitative estimate of drug-likeness (QED) is 0.760. The zero-order valence-corrected chi connectivity index (χ0v) is 10.8. The summed E-state index contributed by atoms with van der Waals surface area (Å²) in [7, 11) is 0. The highest BCUT2D eigenvalue weighted by Gasteiger charge is 2.16. The number of nitrogens with zero attached hydrogens (tertiary/aromatic N) is 1. The number of aromatic nitrogens is 1. The number of hydrogen-bond acceptors (Lipinski definition) is 4. The minimum atomic E-state index is 0.164. The summed E-state index contributed by atoms with van der Waals surface area (Å²) in [5.74, 6) is 0.744. The van der Waals surface area contributed by atoms with Gasteiger partial charge >= 0.3 is 0 Å². The highest BCUT2D eigenvalue weighted by molar-refractivity contribution is 5.72. The number of benzene rings is 1. The van der Waals surface area contributed by atoms with Crippen molar-refractivity contribution in [1.29, 1.82) is 0 Å². The summed E-state index contributed by atoms with van der Waals surface area (Å²) in [5, 5.41) is 3.42. The van der Waals surface area contributed by atoms with Gasteiger partial charge in [-0.25, -0.2) is 4.98 Å². The van der Waals surface area contributed by atoms with Crippen molar-refractivity contribution in [3.63, 3.8) is 0 Å². The maximum Gasteiger partial charge on any atom is 0.197 e. The maximum atomic E-state index is 5.76. The Morgan fingerprint density at radius 1 is 1.26 bits per heavy atom. The molecule has 2 aromatic heterocycles. The van der Waals surface area contributed by atoms with Crippen LogP contribution in [0.5, 0.6) is 0 Å². The molecule has 4 nitrogen and oxygen atoms in total. The first-order valence-corrected chi connectivity index (χ1v) is 6.46. The van der Waals surface area contributed by atoms with Gasteiger partial charge in [0, 0.05) is 18.0 Å². The van der Waals surface area contributed by atoms with Gasteiger partial charge in [-0.1, -0.05) is 19.1 Å². The predicted octanol–water partition coefficient (Wildman–Crippen LogP) is 3.31. The van der Waals surface area contributed by atoms with E-state index >= 15 is 0 Å². The molecule has 19 heavy (non-hydrogen) atoms. The first kappa shape index (κ1) is 12.0. The third-order valence-electron chi connectivity index (χ3n) is 3.11. The van der Waals surface area contributed by atoms with E-state index in [0.29, 0.717) is 6.42 Å². The molecule has 0 aliphatic heterocycles. The molecule has 98 valence electrons. The second kappa shape index (κ2) is 5.28. The van der Waals surface area contributed by atoms with E-state index in [1.165, 1.54) is 0 Å². The average molecular weight is 256 g/mol. The highest BCUT2D eigenvalue weighted by Crippen LogP contribution is 2.21. The number of likely N-dealkylation sites (N-methyl/N-ethyl adjacent to an activating group) is 1. The average Bonchev–Trinajstić information content (AvgIpc) is 3.07. The second-order valence-electron chi connectivity index (χ2n) is 4.45. The topological polar surface area (TPSA) is 51.2 Å². The molecule has 3 rings (SSSR count). The molecular weight excluding hydrogens is 240 g/mol. The highest BCUT2D eigenvalue weighted by atomic mass is 16.3. The summed E-state index contributed by atoms with van der Waals surface area (Å²) in [4.78, 5) is 4.51. The summed E-state index contributed by atoms with van der Waals surface area (Å²) in [5.41, 5.74) is 2.85. The summed E-state index contributed by atoms with van der Waals surface area (Å²) in [6.45, 7) is 2.97. The van der Waals surface area contributed by atoms with E-state index in [1.54, 1.807) is 12.5 Å². The van der Waals surface area contributed by atoms with Crippen molar-refractivity contribution < 1.29 is 8.83 Å². The Bertz CT molecular complexity index is 610. The molecule has 0 aliphatic rings.